The zero-order valence-electron chi connectivity index (χ0n) is 15.9. The average molecular weight is 353 g/mol. The smallest absolute Gasteiger partial charge is 0.0836 e. The van der Waals surface area contributed by atoms with Gasteiger partial charge in [-0.1, -0.05) is 27.2 Å². The lowest BCUT2D eigenvalue weighted by molar-refractivity contribution is -0.236. The number of aliphatic hydroxyl groups is 4. The van der Waals surface area contributed by atoms with Crippen molar-refractivity contribution >= 4 is 0 Å². The zero-order chi connectivity index (χ0) is 18.1. The summed E-state index contributed by atoms with van der Waals surface area (Å²) in [5.41, 5.74) is 0.0974. The fourth-order valence-electron chi connectivity index (χ4n) is 8.07. The summed E-state index contributed by atoms with van der Waals surface area (Å²) < 4.78 is 0. The van der Waals surface area contributed by atoms with E-state index in [9.17, 15) is 20.4 Å². The summed E-state index contributed by atoms with van der Waals surface area (Å²) in [6, 6.07) is 0. The number of hydrogen-bond donors (Lipinski definition) is 4. The van der Waals surface area contributed by atoms with Crippen molar-refractivity contribution in [2.45, 2.75) is 90.1 Å². The molecule has 0 bridgehead atoms. The minimum atomic E-state index is -0.781. The molecule has 0 heterocycles. The van der Waals surface area contributed by atoms with Crippen molar-refractivity contribution in [1.82, 2.24) is 0 Å². The quantitative estimate of drug-likeness (QED) is 0.584. The predicted octanol–water partition coefficient (Wildman–Crippen LogP) is 2.33. The van der Waals surface area contributed by atoms with E-state index in [1.165, 1.54) is 19.3 Å². The lowest BCUT2D eigenvalue weighted by Crippen LogP contribution is -2.65. The number of aliphatic hydroxyl groups excluding tert-OH is 4. The van der Waals surface area contributed by atoms with E-state index in [0.717, 1.165) is 18.8 Å². The Morgan fingerprint density at radius 3 is 2.16 bits per heavy atom. The van der Waals surface area contributed by atoms with E-state index in [-0.39, 0.29) is 22.7 Å². The summed E-state index contributed by atoms with van der Waals surface area (Å²) in [6.07, 6.45) is 3.87. The Balaban J connectivity index is 1.71. The van der Waals surface area contributed by atoms with Crippen molar-refractivity contribution in [3.05, 3.63) is 0 Å². The van der Waals surface area contributed by atoms with Crippen LogP contribution in [0.1, 0.15) is 65.7 Å². The monoisotopic (exact) mass is 352 g/mol. The first-order chi connectivity index (χ1) is 11.7. The normalized spacial score (nSPS) is 61.3. The van der Waals surface area contributed by atoms with Crippen LogP contribution in [0.15, 0.2) is 0 Å². The summed E-state index contributed by atoms with van der Waals surface area (Å²) in [4.78, 5) is 0. The summed E-state index contributed by atoms with van der Waals surface area (Å²) in [6.45, 7) is 6.91. The molecular formula is C21H36O4. The lowest BCUT2D eigenvalue weighted by Gasteiger charge is -2.64. The number of hydrogen-bond acceptors (Lipinski definition) is 4. The van der Waals surface area contributed by atoms with Gasteiger partial charge < -0.3 is 20.4 Å². The van der Waals surface area contributed by atoms with Gasteiger partial charge in [0.2, 0.25) is 0 Å². The van der Waals surface area contributed by atoms with Crippen molar-refractivity contribution in [2.24, 2.45) is 40.4 Å². The fourth-order valence-corrected chi connectivity index (χ4v) is 8.07. The van der Waals surface area contributed by atoms with Gasteiger partial charge in [0.1, 0.15) is 0 Å². The van der Waals surface area contributed by atoms with Crippen molar-refractivity contribution in [2.75, 3.05) is 0 Å². The van der Waals surface area contributed by atoms with Crippen LogP contribution < -0.4 is 0 Å². The summed E-state index contributed by atoms with van der Waals surface area (Å²) in [5, 5.41) is 42.6. The van der Waals surface area contributed by atoms with Gasteiger partial charge in [-0.05, 0) is 78.9 Å². The molecule has 4 heteroatoms. The van der Waals surface area contributed by atoms with E-state index in [4.69, 9.17) is 0 Å². The van der Waals surface area contributed by atoms with E-state index in [2.05, 4.69) is 20.8 Å². The van der Waals surface area contributed by atoms with Gasteiger partial charge in [-0.25, -0.2) is 0 Å². The summed E-state index contributed by atoms with van der Waals surface area (Å²) >= 11 is 0. The van der Waals surface area contributed by atoms with Crippen LogP contribution in [0.3, 0.4) is 0 Å². The van der Waals surface area contributed by atoms with Crippen LogP contribution in [-0.2, 0) is 0 Å². The van der Waals surface area contributed by atoms with Crippen LogP contribution in [0.5, 0.6) is 0 Å². The first-order valence-corrected chi connectivity index (χ1v) is 10.5. The minimum absolute atomic E-state index is 0.116. The molecule has 6 unspecified atom stereocenters. The highest BCUT2D eigenvalue weighted by atomic mass is 16.3. The van der Waals surface area contributed by atoms with Gasteiger partial charge in [0.15, 0.2) is 0 Å². The summed E-state index contributed by atoms with van der Waals surface area (Å²) in [5.74, 6) is 1.56. The lowest BCUT2D eigenvalue weighted by atomic mass is 9.43. The van der Waals surface area contributed by atoms with Gasteiger partial charge in [0, 0.05) is 0 Å². The molecule has 11 atom stereocenters. The second kappa shape index (κ2) is 5.92. The van der Waals surface area contributed by atoms with Crippen LogP contribution in [-0.4, -0.2) is 44.8 Å². The van der Waals surface area contributed by atoms with Crippen LogP contribution in [0.4, 0.5) is 0 Å². The second-order valence-corrected chi connectivity index (χ2v) is 10.2. The molecule has 144 valence electrons. The molecule has 4 saturated carbocycles. The fraction of sp³-hybridized carbons (Fsp3) is 1.00. The molecule has 0 aromatic carbocycles. The maximum Gasteiger partial charge on any atom is 0.0836 e. The molecule has 4 fully saturated rings. The van der Waals surface area contributed by atoms with Crippen LogP contribution in [0.2, 0.25) is 0 Å². The molecule has 4 aliphatic rings. The van der Waals surface area contributed by atoms with E-state index in [1.54, 1.807) is 0 Å². The first-order valence-electron chi connectivity index (χ1n) is 10.5. The maximum atomic E-state index is 11.1. The largest absolute Gasteiger partial charge is 0.390 e. The molecule has 4 N–H and O–H groups in total. The van der Waals surface area contributed by atoms with E-state index in [1.807, 2.05) is 0 Å². The van der Waals surface area contributed by atoms with Gasteiger partial charge in [-0.15, -0.1) is 0 Å². The van der Waals surface area contributed by atoms with Crippen molar-refractivity contribution < 1.29 is 20.4 Å². The Labute approximate surface area is 151 Å². The maximum absolute atomic E-state index is 11.1. The Kier molecular flexibility index (Phi) is 4.31. The number of rotatable bonds is 1. The van der Waals surface area contributed by atoms with Gasteiger partial charge in [-0.3, -0.25) is 0 Å². The standard InChI is InChI=1S/C21H36O4/c1-4-11-5-6-12-17-13(7-8-20(11,12)2)21(3)10-16(23)15(22)9-14(21)18(24)19(17)25/h11-19,22-25H,4-10H2,1-3H3/t11-,12?,13?,14?,15?,16+,17?,18+,19?,20+,21+/m0/s1. The van der Waals surface area contributed by atoms with Crippen molar-refractivity contribution in [3.8, 4) is 0 Å². The minimum Gasteiger partial charge on any atom is -0.390 e. The van der Waals surface area contributed by atoms with Crippen LogP contribution >= 0.6 is 0 Å². The molecule has 4 rings (SSSR count). The third-order valence-electron chi connectivity index (χ3n) is 9.46. The van der Waals surface area contributed by atoms with Crippen LogP contribution in [0.25, 0.3) is 0 Å². The molecule has 0 amide bonds. The van der Waals surface area contributed by atoms with E-state index >= 15 is 0 Å². The molecule has 0 aliphatic heterocycles. The SMILES string of the molecule is CC[C@H]1CCC2C3C(O)[C@H](O)C4CC(O)[C@H](O)C[C@]4(C)C3CC[C@@]21C. The highest BCUT2D eigenvalue weighted by Crippen LogP contribution is 2.67. The van der Waals surface area contributed by atoms with Gasteiger partial charge in [-0.2, -0.15) is 0 Å². The molecular weight excluding hydrogens is 316 g/mol. The van der Waals surface area contributed by atoms with E-state index < -0.39 is 24.4 Å². The highest BCUT2D eigenvalue weighted by molar-refractivity contribution is 5.14. The highest BCUT2D eigenvalue weighted by Gasteiger charge is 2.65. The third-order valence-corrected chi connectivity index (χ3v) is 9.46. The molecule has 4 nitrogen and oxygen atoms in total. The third kappa shape index (κ3) is 2.33. The van der Waals surface area contributed by atoms with Crippen molar-refractivity contribution in [3.63, 3.8) is 0 Å². The first kappa shape index (κ1) is 18.2. The average Bonchev–Trinajstić information content (AvgIpc) is 2.91. The molecule has 0 spiro atoms. The predicted molar refractivity (Wildman–Crippen MR) is 95.7 cm³/mol. The molecule has 4 aliphatic carbocycles. The Morgan fingerprint density at radius 1 is 0.800 bits per heavy atom. The van der Waals surface area contributed by atoms with Gasteiger partial charge in [0.05, 0.1) is 24.4 Å². The Hall–Kier alpha value is -0.160. The van der Waals surface area contributed by atoms with Crippen molar-refractivity contribution in [1.29, 1.82) is 0 Å². The van der Waals surface area contributed by atoms with Gasteiger partial charge in [0.25, 0.3) is 0 Å². The topological polar surface area (TPSA) is 80.9 Å². The molecule has 0 saturated heterocycles. The molecule has 0 aromatic heterocycles. The zero-order valence-corrected chi connectivity index (χ0v) is 15.9. The van der Waals surface area contributed by atoms with Gasteiger partial charge >= 0.3 is 0 Å². The second-order valence-electron chi connectivity index (χ2n) is 10.2. The molecule has 0 aromatic rings. The number of fused-ring (bicyclic) bond motifs is 5. The Morgan fingerprint density at radius 2 is 1.48 bits per heavy atom. The molecule has 25 heavy (non-hydrogen) atoms. The Bertz CT molecular complexity index is 524. The summed E-state index contributed by atoms with van der Waals surface area (Å²) in [7, 11) is 0. The van der Waals surface area contributed by atoms with E-state index in [0.29, 0.717) is 24.7 Å². The molecule has 0 radical (unpaired) electrons. The van der Waals surface area contributed by atoms with Crippen LogP contribution in [0, 0.1) is 40.4 Å².